The number of benzene rings is 1. The number of para-hydroxylation sites is 1. The van der Waals surface area contributed by atoms with E-state index in [-0.39, 0.29) is 5.69 Å². The third kappa shape index (κ3) is 2.38. The second-order valence-corrected chi connectivity index (χ2v) is 6.33. The number of H-pyrrole nitrogens is 1. The van der Waals surface area contributed by atoms with E-state index < -0.39 is 0 Å². The molecule has 0 bridgehead atoms. The molecule has 1 atom stereocenters. The SMILES string of the molecule is CC(C)N1CCC(Cn2c(=O)[nH]c3c(Cl)cccc32)C1. The van der Waals surface area contributed by atoms with E-state index in [0.29, 0.717) is 17.0 Å². The van der Waals surface area contributed by atoms with Crippen molar-refractivity contribution in [3.63, 3.8) is 0 Å². The van der Waals surface area contributed by atoms with E-state index in [9.17, 15) is 4.79 Å². The molecule has 1 aromatic heterocycles. The highest BCUT2D eigenvalue weighted by atomic mass is 35.5. The van der Waals surface area contributed by atoms with Crippen molar-refractivity contribution in [3.8, 4) is 0 Å². The molecule has 1 saturated heterocycles. The molecule has 1 aliphatic heterocycles. The Hall–Kier alpha value is -1.26. The van der Waals surface area contributed by atoms with Crippen LogP contribution in [0.3, 0.4) is 0 Å². The van der Waals surface area contributed by atoms with Crippen LogP contribution in [0.25, 0.3) is 11.0 Å². The molecular weight excluding hydrogens is 274 g/mol. The monoisotopic (exact) mass is 293 g/mol. The first-order chi connectivity index (χ1) is 9.56. The number of hydrogen-bond acceptors (Lipinski definition) is 2. The minimum absolute atomic E-state index is 0.0592. The van der Waals surface area contributed by atoms with E-state index >= 15 is 0 Å². The lowest BCUT2D eigenvalue weighted by Crippen LogP contribution is -2.29. The molecule has 0 aliphatic carbocycles. The Morgan fingerprint density at radius 1 is 1.45 bits per heavy atom. The van der Waals surface area contributed by atoms with Gasteiger partial charge in [-0.3, -0.25) is 4.57 Å². The number of imidazole rings is 1. The fraction of sp³-hybridized carbons (Fsp3) is 0.533. The van der Waals surface area contributed by atoms with Crippen molar-refractivity contribution in [1.82, 2.24) is 14.5 Å². The highest BCUT2D eigenvalue weighted by Gasteiger charge is 2.25. The Balaban J connectivity index is 1.87. The summed E-state index contributed by atoms with van der Waals surface area (Å²) in [7, 11) is 0. The average Bonchev–Trinajstić information content (AvgIpc) is 2.98. The average molecular weight is 294 g/mol. The van der Waals surface area contributed by atoms with E-state index in [1.807, 2.05) is 16.7 Å². The van der Waals surface area contributed by atoms with Gasteiger partial charge in [-0.2, -0.15) is 0 Å². The Kier molecular flexibility index (Phi) is 3.61. The van der Waals surface area contributed by atoms with Gasteiger partial charge in [0.05, 0.1) is 16.1 Å². The van der Waals surface area contributed by atoms with Crippen LogP contribution in [-0.4, -0.2) is 33.6 Å². The summed E-state index contributed by atoms with van der Waals surface area (Å²) in [5.74, 6) is 0.535. The lowest BCUT2D eigenvalue weighted by Gasteiger charge is -2.20. The number of likely N-dealkylation sites (tertiary alicyclic amines) is 1. The zero-order valence-electron chi connectivity index (χ0n) is 11.9. The molecule has 2 heterocycles. The van der Waals surface area contributed by atoms with Gasteiger partial charge in [0.25, 0.3) is 0 Å². The first kappa shape index (κ1) is 13.7. The molecule has 0 radical (unpaired) electrons. The highest BCUT2D eigenvalue weighted by molar-refractivity contribution is 6.34. The van der Waals surface area contributed by atoms with Crippen molar-refractivity contribution in [3.05, 3.63) is 33.7 Å². The summed E-state index contributed by atoms with van der Waals surface area (Å²) in [4.78, 5) is 17.5. The van der Waals surface area contributed by atoms with Crippen molar-refractivity contribution in [2.24, 2.45) is 5.92 Å². The lowest BCUT2D eigenvalue weighted by atomic mass is 10.1. The Bertz CT molecular complexity index is 673. The summed E-state index contributed by atoms with van der Waals surface area (Å²) >= 11 is 6.13. The normalized spacial score (nSPS) is 20.3. The molecule has 1 fully saturated rings. The maximum absolute atomic E-state index is 12.1. The smallest absolute Gasteiger partial charge is 0.304 e. The molecule has 1 N–H and O–H groups in total. The van der Waals surface area contributed by atoms with Crippen LogP contribution in [0, 0.1) is 5.92 Å². The van der Waals surface area contributed by atoms with Gasteiger partial charge in [-0.25, -0.2) is 4.79 Å². The van der Waals surface area contributed by atoms with E-state index in [1.54, 1.807) is 6.07 Å². The second-order valence-electron chi connectivity index (χ2n) is 5.92. The van der Waals surface area contributed by atoms with Gasteiger partial charge >= 0.3 is 5.69 Å². The summed E-state index contributed by atoms with van der Waals surface area (Å²) in [5.41, 5.74) is 1.60. The minimum atomic E-state index is -0.0592. The minimum Gasteiger partial charge on any atom is -0.304 e. The summed E-state index contributed by atoms with van der Waals surface area (Å²) in [5, 5.41) is 0.605. The largest absolute Gasteiger partial charge is 0.326 e. The summed E-state index contributed by atoms with van der Waals surface area (Å²) in [6, 6.07) is 6.23. The number of rotatable bonds is 3. The van der Waals surface area contributed by atoms with Crippen LogP contribution in [0.1, 0.15) is 20.3 Å². The number of hydrogen-bond donors (Lipinski definition) is 1. The van der Waals surface area contributed by atoms with Gasteiger partial charge in [-0.1, -0.05) is 17.7 Å². The van der Waals surface area contributed by atoms with Gasteiger partial charge in [-0.15, -0.1) is 0 Å². The quantitative estimate of drug-likeness (QED) is 0.945. The summed E-state index contributed by atoms with van der Waals surface area (Å²) in [6.45, 7) is 7.40. The molecule has 5 heteroatoms. The molecule has 4 nitrogen and oxygen atoms in total. The predicted molar refractivity (Wildman–Crippen MR) is 82.4 cm³/mol. The molecule has 0 saturated carbocycles. The molecule has 108 valence electrons. The fourth-order valence-electron chi connectivity index (χ4n) is 3.07. The molecule has 1 aromatic carbocycles. The summed E-state index contributed by atoms with van der Waals surface area (Å²) < 4.78 is 1.83. The Labute approximate surface area is 123 Å². The van der Waals surface area contributed by atoms with Gasteiger partial charge in [0.2, 0.25) is 0 Å². The number of nitrogens with one attached hydrogen (secondary N) is 1. The van der Waals surface area contributed by atoms with Gasteiger partial charge < -0.3 is 9.88 Å². The fourth-order valence-corrected chi connectivity index (χ4v) is 3.28. The maximum atomic E-state index is 12.1. The topological polar surface area (TPSA) is 41.0 Å². The molecule has 0 amide bonds. The molecule has 2 aromatic rings. The van der Waals surface area contributed by atoms with E-state index in [4.69, 9.17) is 11.6 Å². The molecular formula is C15H20ClN3O. The van der Waals surface area contributed by atoms with Gasteiger partial charge in [0.15, 0.2) is 0 Å². The molecule has 0 spiro atoms. The maximum Gasteiger partial charge on any atom is 0.326 e. The lowest BCUT2D eigenvalue weighted by molar-refractivity contribution is 0.261. The van der Waals surface area contributed by atoms with Crippen LogP contribution in [-0.2, 0) is 6.54 Å². The Morgan fingerprint density at radius 3 is 2.95 bits per heavy atom. The van der Waals surface area contributed by atoms with Crippen molar-refractivity contribution in [1.29, 1.82) is 0 Å². The van der Waals surface area contributed by atoms with Crippen LogP contribution in [0.2, 0.25) is 5.02 Å². The molecule has 1 aliphatic rings. The first-order valence-electron chi connectivity index (χ1n) is 7.17. The van der Waals surface area contributed by atoms with Crippen molar-refractivity contribution in [2.45, 2.75) is 32.9 Å². The Morgan fingerprint density at radius 2 is 2.25 bits per heavy atom. The zero-order valence-corrected chi connectivity index (χ0v) is 12.7. The van der Waals surface area contributed by atoms with Gasteiger partial charge in [0.1, 0.15) is 0 Å². The van der Waals surface area contributed by atoms with Gasteiger partial charge in [-0.05, 0) is 44.9 Å². The second kappa shape index (κ2) is 5.26. The number of aromatic amines is 1. The third-order valence-corrected chi connectivity index (χ3v) is 4.56. The third-order valence-electron chi connectivity index (χ3n) is 4.25. The van der Waals surface area contributed by atoms with Crippen LogP contribution in [0.4, 0.5) is 0 Å². The zero-order chi connectivity index (χ0) is 14.3. The predicted octanol–water partition coefficient (Wildman–Crippen LogP) is 2.71. The molecule has 20 heavy (non-hydrogen) atoms. The van der Waals surface area contributed by atoms with Crippen LogP contribution < -0.4 is 5.69 Å². The van der Waals surface area contributed by atoms with E-state index in [2.05, 4.69) is 23.7 Å². The van der Waals surface area contributed by atoms with Gasteiger partial charge in [0, 0.05) is 19.1 Å². The summed E-state index contributed by atoms with van der Waals surface area (Å²) in [6.07, 6.45) is 1.15. The van der Waals surface area contributed by atoms with E-state index in [0.717, 1.165) is 37.1 Å². The van der Waals surface area contributed by atoms with Crippen LogP contribution >= 0.6 is 11.6 Å². The van der Waals surface area contributed by atoms with Crippen molar-refractivity contribution < 1.29 is 0 Å². The number of nitrogens with zero attached hydrogens (tertiary/aromatic N) is 2. The first-order valence-corrected chi connectivity index (χ1v) is 7.55. The van der Waals surface area contributed by atoms with Crippen molar-refractivity contribution in [2.75, 3.05) is 13.1 Å². The number of aromatic nitrogens is 2. The van der Waals surface area contributed by atoms with Crippen molar-refractivity contribution >= 4 is 22.6 Å². The highest BCUT2D eigenvalue weighted by Crippen LogP contribution is 2.24. The van der Waals surface area contributed by atoms with Crippen LogP contribution in [0.15, 0.2) is 23.0 Å². The van der Waals surface area contributed by atoms with E-state index in [1.165, 1.54) is 0 Å². The standard InChI is InChI=1S/C15H20ClN3O/c1-10(2)18-7-6-11(8-18)9-19-13-5-3-4-12(16)14(13)17-15(19)20/h3-5,10-11H,6-9H2,1-2H3,(H,17,20). The number of fused-ring (bicyclic) bond motifs is 1. The van der Waals surface area contributed by atoms with Crippen LogP contribution in [0.5, 0.6) is 0 Å². The molecule has 1 unspecified atom stereocenters. The number of halogens is 1. The molecule has 3 rings (SSSR count).